The molecular formula is C34H32N4O7. The lowest BCUT2D eigenvalue weighted by molar-refractivity contribution is -0.118. The highest BCUT2D eigenvalue weighted by Gasteiger charge is 2.17. The van der Waals surface area contributed by atoms with Gasteiger partial charge in [-0.2, -0.15) is 0 Å². The van der Waals surface area contributed by atoms with Crippen LogP contribution in [-0.2, 0) is 11.3 Å². The van der Waals surface area contributed by atoms with Crippen LogP contribution in [-0.4, -0.2) is 45.5 Å². The third-order valence-corrected chi connectivity index (χ3v) is 7.11. The summed E-state index contributed by atoms with van der Waals surface area (Å²) in [4.78, 5) is 38.4. The summed E-state index contributed by atoms with van der Waals surface area (Å²) in [5, 5.41) is 39.3. The van der Waals surface area contributed by atoms with E-state index in [0.717, 1.165) is 11.1 Å². The standard InChI is InChI=1S/C34H32N4O7/c39-28-14-12-26(27-13-15-30(41)37-33(27)28)29(40)19-35-18-21-6-4-10-24(16-21)36-31(42)20-45-25-11-5-9-23(17-25)32(38-34(43)44)22-7-2-1-3-8-22/h1-17,29,32,35,38-40H,18-20H2,(H,36,42)(H,37,41)(H,43,44)/t29-,32-/m0/s1. The molecule has 5 aromatic rings. The predicted octanol–water partition coefficient (Wildman–Crippen LogP) is 4.43. The molecule has 0 fully saturated rings. The number of hydrogen-bond donors (Lipinski definition) is 7. The number of nitrogens with one attached hydrogen (secondary N) is 4. The lowest BCUT2D eigenvalue weighted by Gasteiger charge is -2.19. The number of aromatic amines is 1. The number of carbonyl (C=O) groups is 2. The van der Waals surface area contributed by atoms with Crippen molar-refractivity contribution in [1.82, 2.24) is 15.6 Å². The third kappa shape index (κ3) is 8.05. The smallest absolute Gasteiger partial charge is 0.405 e. The van der Waals surface area contributed by atoms with Crippen molar-refractivity contribution in [3.8, 4) is 11.5 Å². The topological polar surface area (TPSA) is 173 Å². The number of aromatic hydroxyl groups is 1. The Kier molecular flexibility index (Phi) is 9.73. The van der Waals surface area contributed by atoms with E-state index in [1.165, 1.54) is 12.1 Å². The second kappa shape index (κ2) is 14.2. The number of carboxylic acid groups (broad SMARTS) is 1. The maximum Gasteiger partial charge on any atom is 0.405 e. The molecule has 11 nitrogen and oxygen atoms in total. The number of H-pyrrole nitrogens is 1. The number of rotatable bonds is 12. The molecule has 0 aliphatic rings. The number of phenolic OH excluding ortho intramolecular Hbond substituents is 1. The van der Waals surface area contributed by atoms with Crippen LogP contribution in [0.5, 0.6) is 11.5 Å². The van der Waals surface area contributed by atoms with Crippen molar-refractivity contribution >= 4 is 28.6 Å². The number of hydrogen-bond acceptors (Lipinski definition) is 7. The van der Waals surface area contributed by atoms with E-state index in [0.29, 0.717) is 34.5 Å². The van der Waals surface area contributed by atoms with Crippen molar-refractivity contribution in [2.24, 2.45) is 0 Å². The molecule has 1 heterocycles. The molecule has 0 spiro atoms. The van der Waals surface area contributed by atoms with E-state index < -0.39 is 18.2 Å². The van der Waals surface area contributed by atoms with Crippen LogP contribution in [0.2, 0.25) is 0 Å². The molecule has 0 aliphatic carbocycles. The molecule has 7 N–H and O–H groups in total. The van der Waals surface area contributed by atoms with Crippen LogP contribution in [0.25, 0.3) is 10.9 Å². The average Bonchev–Trinajstić information content (AvgIpc) is 3.03. The molecular weight excluding hydrogens is 576 g/mol. The Labute approximate surface area is 258 Å². The molecule has 4 aromatic carbocycles. The Morgan fingerprint density at radius 2 is 1.64 bits per heavy atom. The Morgan fingerprint density at radius 3 is 2.44 bits per heavy atom. The number of anilines is 1. The van der Waals surface area contributed by atoms with Gasteiger partial charge in [-0.1, -0.05) is 60.7 Å². The van der Waals surface area contributed by atoms with Gasteiger partial charge < -0.3 is 41.0 Å². The van der Waals surface area contributed by atoms with Crippen molar-refractivity contribution in [2.75, 3.05) is 18.5 Å². The molecule has 0 saturated carbocycles. The number of pyridine rings is 1. The molecule has 45 heavy (non-hydrogen) atoms. The van der Waals surface area contributed by atoms with Gasteiger partial charge in [0.2, 0.25) is 5.56 Å². The van der Waals surface area contributed by atoms with Gasteiger partial charge in [0.1, 0.15) is 11.5 Å². The van der Waals surface area contributed by atoms with Crippen LogP contribution in [0, 0.1) is 0 Å². The molecule has 2 amide bonds. The number of amides is 2. The molecule has 0 unspecified atom stereocenters. The fourth-order valence-electron chi connectivity index (χ4n) is 5.03. The quantitative estimate of drug-likeness (QED) is 0.109. The van der Waals surface area contributed by atoms with Gasteiger partial charge in [-0.05, 0) is 58.7 Å². The van der Waals surface area contributed by atoms with E-state index in [9.17, 15) is 29.7 Å². The van der Waals surface area contributed by atoms with Crippen LogP contribution in [0.3, 0.4) is 0 Å². The van der Waals surface area contributed by atoms with Crippen LogP contribution in [0.1, 0.15) is 34.4 Å². The summed E-state index contributed by atoms with van der Waals surface area (Å²) in [5.41, 5.74) is 3.35. The van der Waals surface area contributed by atoms with Gasteiger partial charge in [0.25, 0.3) is 5.91 Å². The summed E-state index contributed by atoms with van der Waals surface area (Å²) in [6, 6.07) is 28.7. The van der Waals surface area contributed by atoms with Crippen LogP contribution >= 0.6 is 0 Å². The van der Waals surface area contributed by atoms with E-state index in [2.05, 4.69) is 20.9 Å². The zero-order valence-corrected chi connectivity index (χ0v) is 24.1. The largest absolute Gasteiger partial charge is 0.506 e. The first kappa shape index (κ1) is 30.8. The number of benzene rings is 4. The summed E-state index contributed by atoms with van der Waals surface area (Å²) in [6.45, 7) is 0.353. The summed E-state index contributed by atoms with van der Waals surface area (Å²) >= 11 is 0. The maximum absolute atomic E-state index is 12.7. The van der Waals surface area contributed by atoms with E-state index >= 15 is 0 Å². The van der Waals surface area contributed by atoms with Crippen molar-refractivity contribution < 1.29 is 29.6 Å². The molecule has 0 radical (unpaired) electrons. The summed E-state index contributed by atoms with van der Waals surface area (Å²) in [5.74, 6) is -0.0318. The normalized spacial score (nSPS) is 12.3. The van der Waals surface area contributed by atoms with Crippen molar-refractivity contribution in [3.63, 3.8) is 0 Å². The van der Waals surface area contributed by atoms with E-state index in [1.54, 1.807) is 54.6 Å². The second-order valence-electron chi connectivity index (χ2n) is 10.3. The van der Waals surface area contributed by atoms with E-state index in [-0.39, 0.29) is 35.9 Å². The highest BCUT2D eigenvalue weighted by atomic mass is 16.5. The summed E-state index contributed by atoms with van der Waals surface area (Å²) in [6.07, 6.45) is -2.06. The lowest BCUT2D eigenvalue weighted by atomic mass is 9.99. The summed E-state index contributed by atoms with van der Waals surface area (Å²) < 4.78 is 5.72. The minimum Gasteiger partial charge on any atom is -0.506 e. The fraction of sp³-hybridized carbons (Fsp3) is 0.147. The van der Waals surface area contributed by atoms with Crippen molar-refractivity contribution in [1.29, 1.82) is 0 Å². The van der Waals surface area contributed by atoms with Crippen LogP contribution in [0.15, 0.2) is 108 Å². The molecule has 230 valence electrons. The fourth-order valence-corrected chi connectivity index (χ4v) is 5.03. The zero-order valence-electron chi connectivity index (χ0n) is 24.1. The number of carbonyl (C=O) groups excluding carboxylic acids is 1. The van der Waals surface area contributed by atoms with E-state index in [1.807, 2.05) is 36.4 Å². The minimum absolute atomic E-state index is 0.0749. The third-order valence-electron chi connectivity index (χ3n) is 7.11. The number of ether oxygens (including phenoxy) is 1. The highest BCUT2D eigenvalue weighted by Crippen LogP contribution is 2.29. The molecule has 1 aromatic heterocycles. The number of aliphatic hydroxyl groups excluding tert-OH is 1. The first-order chi connectivity index (χ1) is 21.8. The average molecular weight is 609 g/mol. The Balaban J connectivity index is 1.15. The number of fused-ring (bicyclic) bond motifs is 1. The van der Waals surface area contributed by atoms with Gasteiger partial charge in [-0.15, -0.1) is 0 Å². The van der Waals surface area contributed by atoms with Gasteiger partial charge in [0.05, 0.1) is 17.7 Å². The molecule has 11 heteroatoms. The molecule has 0 aliphatic heterocycles. The lowest BCUT2D eigenvalue weighted by Crippen LogP contribution is -2.27. The van der Waals surface area contributed by atoms with Crippen molar-refractivity contribution in [3.05, 3.63) is 136 Å². The molecule has 2 atom stereocenters. The van der Waals surface area contributed by atoms with Gasteiger partial charge in [-0.25, -0.2) is 4.79 Å². The number of aromatic nitrogens is 1. The van der Waals surface area contributed by atoms with Gasteiger partial charge in [-0.3, -0.25) is 9.59 Å². The number of aliphatic hydroxyl groups is 1. The van der Waals surface area contributed by atoms with Gasteiger partial charge in [0.15, 0.2) is 6.61 Å². The monoisotopic (exact) mass is 608 g/mol. The van der Waals surface area contributed by atoms with Gasteiger partial charge in [0, 0.05) is 30.2 Å². The molecule has 0 saturated heterocycles. The number of phenols is 1. The van der Waals surface area contributed by atoms with Crippen LogP contribution < -0.4 is 26.2 Å². The Morgan fingerprint density at radius 1 is 0.867 bits per heavy atom. The second-order valence-corrected chi connectivity index (χ2v) is 10.3. The Hall–Kier alpha value is -5.65. The zero-order chi connectivity index (χ0) is 31.8. The van der Waals surface area contributed by atoms with Crippen LogP contribution in [0.4, 0.5) is 10.5 Å². The van der Waals surface area contributed by atoms with Crippen molar-refractivity contribution in [2.45, 2.75) is 18.7 Å². The maximum atomic E-state index is 12.7. The minimum atomic E-state index is -1.16. The first-order valence-corrected chi connectivity index (χ1v) is 14.2. The predicted molar refractivity (Wildman–Crippen MR) is 169 cm³/mol. The van der Waals surface area contributed by atoms with E-state index in [4.69, 9.17) is 4.74 Å². The highest BCUT2D eigenvalue weighted by molar-refractivity contribution is 5.92. The summed E-state index contributed by atoms with van der Waals surface area (Å²) in [7, 11) is 0. The molecule has 5 rings (SSSR count). The molecule has 0 bridgehead atoms. The first-order valence-electron chi connectivity index (χ1n) is 14.2. The SMILES string of the molecule is O=C(O)N[C@@H](c1ccccc1)c1cccc(OCC(=O)Nc2cccc(CNC[C@H](O)c3ccc(O)c4[nH]c(=O)ccc34)c2)c1. The van der Waals surface area contributed by atoms with Gasteiger partial charge >= 0.3 is 6.09 Å². The Bertz CT molecular complexity index is 1860.